The summed E-state index contributed by atoms with van der Waals surface area (Å²) in [6, 6.07) is 67.4. The topological polar surface area (TPSA) is 39.9 Å². The van der Waals surface area contributed by atoms with Gasteiger partial charge in [0.2, 0.25) is 0 Å². The molecule has 2 aliphatic rings. The highest BCUT2D eigenvalue weighted by molar-refractivity contribution is 7.26. The van der Waals surface area contributed by atoms with Gasteiger partial charge in [0.1, 0.15) is 11.5 Å². The quantitative estimate of drug-likeness (QED) is 0.180. The molecule has 13 rings (SSSR count). The number of hydrogen-bond donors (Lipinski definition) is 0. The van der Waals surface area contributed by atoms with E-state index in [1.807, 2.05) is 0 Å². The van der Waals surface area contributed by atoms with Crippen LogP contribution in [-0.2, 0) is 5.41 Å². The van der Waals surface area contributed by atoms with Crippen molar-refractivity contribution in [3.63, 3.8) is 0 Å². The van der Waals surface area contributed by atoms with Gasteiger partial charge in [0.25, 0.3) is 0 Å². The fraction of sp³-hybridized carbons (Fsp3) is 0.0189. The Morgan fingerprint density at radius 3 is 1.95 bits per heavy atom. The maximum Gasteiger partial charge on any atom is 0.160 e. The molecule has 0 bridgehead atoms. The normalized spacial score (nSPS) is 13.4. The molecule has 0 atom stereocenters. The molecule has 4 nitrogen and oxygen atoms in total. The SMILES string of the molecule is c1ccc(-n2c3ccccc3c3cc(-c4nc(-c5cccc6c5-c5ccccc5C65c6ccccc6Oc6ccccc65)c5sc6ccccc6c5n4)ccc32)cc1. The lowest BCUT2D eigenvalue weighted by Gasteiger charge is -2.39. The Balaban J connectivity index is 1.11. The van der Waals surface area contributed by atoms with E-state index in [0.29, 0.717) is 5.82 Å². The first-order valence-electron chi connectivity index (χ1n) is 19.7. The van der Waals surface area contributed by atoms with Gasteiger partial charge in [0.15, 0.2) is 5.82 Å². The Morgan fingerprint density at radius 2 is 1.12 bits per heavy atom. The number of hydrogen-bond acceptors (Lipinski definition) is 4. The Kier molecular flexibility index (Phi) is 6.49. The summed E-state index contributed by atoms with van der Waals surface area (Å²) in [4.78, 5) is 11.1. The van der Waals surface area contributed by atoms with Gasteiger partial charge in [-0.05, 0) is 76.9 Å². The summed E-state index contributed by atoms with van der Waals surface area (Å²) < 4.78 is 11.3. The Hall–Kier alpha value is -7.34. The van der Waals surface area contributed by atoms with Crippen LogP contribution in [0.3, 0.4) is 0 Å². The van der Waals surface area contributed by atoms with Crippen molar-refractivity contribution in [2.45, 2.75) is 5.41 Å². The highest BCUT2D eigenvalue weighted by Crippen LogP contribution is 2.63. The largest absolute Gasteiger partial charge is 0.457 e. The van der Waals surface area contributed by atoms with Gasteiger partial charge < -0.3 is 9.30 Å². The van der Waals surface area contributed by atoms with Crippen molar-refractivity contribution >= 4 is 53.4 Å². The van der Waals surface area contributed by atoms with Gasteiger partial charge in [-0.3, -0.25) is 0 Å². The molecule has 0 saturated heterocycles. The van der Waals surface area contributed by atoms with Crippen molar-refractivity contribution in [3.8, 4) is 51.0 Å². The molecule has 0 fully saturated rings. The van der Waals surface area contributed by atoms with E-state index in [1.54, 1.807) is 11.3 Å². The monoisotopic (exact) mass is 757 g/mol. The van der Waals surface area contributed by atoms with Crippen molar-refractivity contribution in [3.05, 3.63) is 210 Å². The Bertz CT molecular complexity index is 3460. The first kappa shape index (κ1) is 31.8. The first-order chi connectivity index (χ1) is 28.8. The summed E-state index contributed by atoms with van der Waals surface area (Å²) >= 11 is 1.78. The van der Waals surface area contributed by atoms with E-state index in [1.165, 1.54) is 43.2 Å². The van der Waals surface area contributed by atoms with Crippen molar-refractivity contribution < 1.29 is 4.74 Å². The average molecular weight is 758 g/mol. The number of fused-ring (bicyclic) bond motifs is 15. The minimum atomic E-state index is -0.569. The highest BCUT2D eigenvalue weighted by atomic mass is 32.1. The van der Waals surface area contributed by atoms with Crippen LogP contribution in [0.15, 0.2) is 188 Å². The number of aromatic nitrogens is 3. The molecule has 0 radical (unpaired) electrons. The minimum Gasteiger partial charge on any atom is -0.457 e. The second-order valence-electron chi connectivity index (χ2n) is 15.2. The molecule has 4 heterocycles. The van der Waals surface area contributed by atoms with E-state index in [4.69, 9.17) is 14.7 Å². The van der Waals surface area contributed by atoms with Crippen molar-refractivity contribution in [2.24, 2.45) is 0 Å². The predicted molar refractivity (Wildman–Crippen MR) is 238 cm³/mol. The lowest BCUT2D eigenvalue weighted by atomic mass is 9.66. The number of ether oxygens (including phenoxy) is 1. The molecule has 0 N–H and O–H groups in total. The standard InChI is InChI=1S/C53H31N3OS/c1-2-15-33(16-3-1)56-43-25-10-5-17-34(43)38-31-32(29-30-44(38)56)52-54-49-36-19-6-13-28-47(36)58-51(49)50(55-52)37-20-14-24-42-48(37)35-18-4-7-21-39(35)53(42)40-22-8-11-26-45(40)57-46-27-12-9-23-41(46)53/h1-31H. The van der Waals surface area contributed by atoms with Gasteiger partial charge in [-0.1, -0.05) is 133 Å². The van der Waals surface area contributed by atoms with Crippen LogP contribution in [0.4, 0.5) is 0 Å². The third kappa shape index (κ3) is 4.18. The number of nitrogens with zero attached hydrogens (tertiary/aromatic N) is 3. The van der Waals surface area contributed by atoms with Crippen LogP contribution < -0.4 is 4.74 Å². The molecular formula is C53H31N3OS. The van der Waals surface area contributed by atoms with Gasteiger partial charge in [0.05, 0.1) is 32.4 Å². The van der Waals surface area contributed by atoms with Gasteiger partial charge in [-0.2, -0.15) is 0 Å². The first-order valence-corrected chi connectivity index (χ1v) is 20.5. The maximum atomic E-state index is 6.63. The van der Waals surface area contributed by atoms with E-state index >= 15 is 0 Å². The van der Waals surface area contributed by atoms with Crippen LogP contribution >= 0.6 is 11.3 Å². The van der Waals surface area contributed by atoms with Gasteiger partial charge >= 0.3 is 0 Å². The number of benzene rings is 8. The lowest BCUT2D eigenvalue weighted by Crippen LogP contribution is -2.32. The second kappa shape index (κ2) is 11.8. The van der Waals surface area contributed by atoms with Crippen LogP contribution in [0.5, 0.6) is 11.5 Å². The Morgan fingerprint density at radius 1 is 0.483 bits per heavy atom. The van der Waals surface area contributed by atoms with Crippen LogP contribution in [-0.4, -0.2) is 14.5 Å². The van der Waals surface area contributed by atoms with E-state index in [9.17, 15) is 0 Å². The van der Waals surface area contributed by atoms with Gasteiger partial charge in [0, 0.05) is 48.8 Å². The number of para-hydroxylation sites is 4. The zero-order valence-electron chi connectivity index (χ0n) is 31.1. The lowest BCUT2D eigenvalue weighted by molar-refractivity contribution is 0.436. The van der Waals surface area contributed by atoms with Crippen LogP contribution in [0.2, 0.25) is 0 Å². The summed E-state index contributed by atoms with van der Waals surface area (Å²) in [7, 11) is 0. The summed E-state index contributed by atoms with van der Waals surface area (Å²) in [5, 5.41) is 3.52. The van der Waals surface area contributed by atoms with E-state index < -0.39 is 5.41 Å². The zero-order chi connectivity index (χ0) is 38.0. The molecule has 1 aliphatic heterocycles. The molecule has 58 heavy (non-hydrogen) atoms. The average Bonchev–Trinajstić information content (AvgIpc) is 3.93. The molecule has 0 unspecified atom stereocenters. The smallest absolute Gasteiger partial charge is 0.160 e. The highest BCUT2D eigenvalue weighted by Gasteiger charge is 2.51. The molecule has 5 heteroatoms. The van der Waals surface area contributed by atoms with Crippen molar-refractivity contribution in [1.82, 2.24) is 14.5 Å². The summed E-state index contributed by atoms with van der Waals surface area (Å²) in [6.45, 7) is 0. The molecule has 270 valence electrons. The number of thiophene rings is 1. The molecule has 1 aliphatic carbocycles. The van der Waals surface area contributed by atoms with Crippen LogP contribution in [0.1, 0.15) is 22.3 Å². The summed E-state index contributed by atoms with van der Waals surface area (Å²) in [5.41, 5.74) is 14.1. The predicted octanol–water partition coefficient (Wildman–Crippen LogP) is 13.7. The van der Waals surface area contributed by atoms with Crippen LogP contribution in [0, 0.1) is 0 Å². The maximum absolute atomic E-state index is 6.63. The minimum absolute atomic E-state index is 0.569. The molecule has 0 amide bonds. The second-order valence-corrected chi connectivity index (χ2v) is 16.3. The zero-order valence-corrected chi connectivity index (χ0v) is 31.9. The van der Waals surface area contributed by atoms with Crippen molar-refractivity contribution in [2.75, 3.05) is 0 Å². The third-order valence-corrected chi connectivity index (χ3v) is 13.5. The third-order valence-electron chi connectivity index (χ3n) is 12.3. The number of rotatable bonds is 3. The summed E-state index contributed by atoms with van der Waals surface area (Å²) in [5.74, 6) is 2.48. The molecule has 3 aromatic heterocycles. The molecule has 11 aromatic rings. The van der Waals surface area contributed by atoms with Crippen molar-refractivity contribution in [1.29, 1.82) is 0 Å². The molecule has 1 spiro atoms. The summed E-state index contributed by atoms with van der Waals surface area (Å²) in [6.07, 6.45) is 0. The molecular weight excluding hydrogens is 727 g/mol. The van der Waals surface area contributed by atoms with E-state index in [2.05, 4.69) is 193 Å². The van der Waals surface area contributed by atoms with E-state index in [0.717, 1.165) is 66.3 Å². The van der Waals surface area contributed by atoms with Crippen LogP contribution in [0.25, 0.3) is 81.6 Å². The van der Waals surface area contributed by atoms with Gasteiger partial charge in [-0.15, -0.1) is 11.3 Å². The fourth-order valence-electron chi connectivity index (χ4n) is 9.97. The molecule has 8 aromatic carbocycles. The molecule has 0 saturated carbocycles. The Labute approximate surface area is 337 Å². The van der Waals surface area contributed by atoms with E-state index in [-0.39, 0.29) is 0 Å². The van der Waals surface area contributed by atoms with Gasteiger partial charge in [-0.25, -0.2) is 9.97 Å². The fourth-order valence-corrected chi connectivity index (χ4v) is 11.1.